The number of nitrogens with one attached hydrogen (secondary N) is 1. The summed E-state index contributed by atoms with van der Waals surface area (Å²) >= 11 is 0. The molecule has 6 heteroatoms. The molecule has 0 saturated heterocycles. The second-order valence-electron chi connectivity index (χ2n) is 6.70. The molecule has 29 heavy (non-hydrogen) atoms. The molecule has 6 nitrogen and oxygen atoms in total. The van der Waals surface area contributed by atoms with Gasteiger partial charge in [0.15, 0.2) is 0 Å². The summed E-state index contributed by atoms with van der Waals surface area (Å²) < 4.78 is 5.49. The number of allylic oxidation sites excluding steroid dienone is 2. The number of aliphatic carboxylic acids is 1. The van der Waals surface area contributed by atoms with Crippen LogP contribution in [0.15, 0.2) is 77.1 Å². The monoisotopic (exact) mass is 388 g/mol. The lowest BCUT2D eigenvalue weighted by molar-refractivity contribution is -0.140. The molecule has 2 aromatic rings. The van der Waals surface area contributed by atoms with Crippen LogP contribution in [0.2, 0.25) is 0 Å². The van der Waals surface area contributed by atoms with E-state index >= 15 is 0 Å². The Balaban J connectivity index is 2.05. The van der Waals surface area contributed by atoms with Crippen LogP contribution >= 0.6 is 0 Å². The van der Waals surface area contributed by atoms with Gasteiger partial charge in [0.1, 0.15) is 6.61 Å². The van der Waals surface area contributed by atoms with Crippen molar-refractivity contribution in [3.8, 4) is 6.07 Å². The zero-order chi connectivity index (χ0) is 21.0. The van der Waals surface area contributed by atoms with E-state index in [0.717, 1.165) is 5.56 Å². The molecular weight excluding hydrogens is 368 g/mol. The first-order valence-corrected chi connectivity index (χ1v) is 9.06. The van der Waals surface area contributed by atoms with Crippen LogP contribution in [0.3, 0.4) is 0 Å². The number of nitriles is 1. The van der Waals surface area contributed by atoms with Crippen molar-refractivity contribution < 1.29 is 19.4 Å². The summed E-state index contributed by atoms with van der Waals surface area (Å²) in [7, 11) is 0. The molecule has 1 heterocycles. The highest BCUT2D eigenvalue weighted by atomic mass is 16.5. The molecule has 1 aliphatic heterocycles. The van der Waals surface area contributed by atoms with Gasteiger partial charge in [0, 0.05) is 11.4 Å². The van der Waals surface area contributed by atoms with Crippen molar-refractivity contribution >= 4 is 11.9 Å². The molecule has 1 atom stereocenters. The fourth-order valence-electron chi connectivity index (χ4n) is 3.51. The summed E-state index contributed by atoms with van der Waals surface area (Å²) in [6.45, 7) is 3.40. The SMILES string of the molecule is CC1=C(C(=O)O)C(c2ccccc2C#N)C(C(=O)OCc2ccccc2)=C(C)N1. The quantitative estimate of drug-likeness (QED) is 0.759. The predicted octanol–water partition coefficient (Wildman–Crippen LogP) is 3.62. The molecule has 0 spiro atoms. The number of rotatable bonds is 5. The maximum atomic E-state index is 13.0. The van der Waals surface area contributed by atoms with E-state index in [4.69, 9.17) is 4.74 Å². The van der Waals surface area contributed by atoms with Gasteiger partial charge >= 0.3 is 11.9 Å². The minimum absolute atomic E-state index is 0.0185. The van der Waals surface area contributed by atoms with Gasteiger partial charge < -0.3 is 15.2 Å². The van der Waals surface area contributed by atoms with E-state index in [2.05, 4.69) is 11.4 Å². The molecule has 0 aromatic heterocycles. The number of hydrogen-bond donors (Lipinski definition) is 2. The number of carbonyl (C=O) groups excluding carboxylic acids is 1. The minimum atomic E-state index is -1.16. The third-order valence-electron chi connectivity index (χ3n) is 4.82. The standard InChI is InChI=1S/C23H20N2O4/c1-14-19(22(26)27)21(18-11-7-6-10-17(18)12-24)20(15(2)25-14)23(28)29-13-16-8-4-3-5-9-16/h3-11,21,25H,13H2,1-2H3,(H,26,27). The number of carbonyl (C=O) groups is 2. The van der Waals surface area contributed by atoms with Crippen molar-refractivity contribution in [3.05, 3.63) is 93.8 Å². The number of dihydropyridines is 1. The van der Waals surface area contributed by atoms with Crippen molar-refractivity contribution in [2.75, 3.05) is 0 Å². The number of hydrogen-bond acceptors (Lipinski definition) is 5. The second kappa shape index (κ2) is 8.44. The van der Waals surface area contributed by atoms with Crippen LogP contribution in [0.1, 0.15) is 36.5 Å². The van der Waals surface area contributed by atoms with Gasteiger partial charge in [-0.2, -0.15) is 5.26 Å². The molecule has 0 aliphatic carbocycles. The van der Waals surface area contributed by atoms with Gasteiger partial charge in [-0.15, -0.1) is 0 Å². The number of carboxylic acids is 1. The zero-order valence-electron chi connectivity index (χ0n) is 16.1. The summed E-state index contributed by atoms with van der Waals surface area (Å²) in [5, 5.41) is 22.3. The van der Waals surface area contributed by atoms with Crippen LogP contribution < -0.4 is 5.32 Å². The Hall–Kier alpha value is -3.85. The van der Waals surface area contributed by atoms with Crippen LogP contribution in [-0.2, 0) is 20.9 Å². The van der Waals surface area contributed by atoms with Gasteiger partial charge in [-0.05, 0) is 31.0 Å². The molecule has 3 rings (SSSR count). The number of carboxylic acid groups (broad SMARTS) is 1. The lowest BCUT2D eigenvalue weighted by Gasteiger charge is -2.30. The average molecular weight is 388 g/mol. The van der Waals surface area contributed by atoms with E-state index in [1.54, 1.807) is 38.1 Å². The van der Waals surface area contributed by atoms with Gasteiger partial charge in [-0.3, -0.25) is 0 Å². The maximum absolute atomic E-state index is 13.0. The topological polar surface area (TPSA) is 99.4 Å². The van der Waals surface area contributed by atoms with Crippen molar-refractivity contribution in [2.24, 2.45) is 0 Å². The van der Waals surface area contributed by atoms with E-state index in [1.807, 2.05) is 30.3 Å². The van der Waals surface area contributed by atoms with Crippen LogP contribution in [0.25, 0.3) is 0 Å². The van der Waals surface area contributed by atoms with Crippen molar-refractivity contribution in [2.45, 2.75) is 26.4 Å². The first-order valence-electron chi connectivity index (χ1n) is 9.06. The van der Waals surface area contributed by atoms with E-state index < -0.39 is 17.9 Å². The largest absolute Gasteiger partial charge is 0.478 e. The van der Waals surface area contributed by atoms with Crippen LogP contribution in [-0.4, -0.2) is 17.0 Å². The third kappa shape index (κ3) is 4.04. The summed E-state index contributed by atoms with van der Waals surface area (Å²) in [5.41, 5.74) is 2.72. The molecular formula is C23H20N2O4. The lowest BCUT2D eigenvalue weighted by atomic mass is 9.79. The summed E-state index contributed by atoms with van der Waals surface area (Å²) in [6, 6.07) is 18.0. The molecule has 1 aliphatic rings. The van der Waals surface area contributed by atoms with Gasteiger partial charge in [-0.25, -0.2) is 9.59 Å². The number of ether oxygens (including phenoxy) is 1. The number of benzene rings is 2. The first-order chi connectivity index (χ1) is 13.9. The van der Waals surface area contributed by atoms with Gasteiger partial charge in [0.25, 0.3) is 0 Å². The molecule has 0 bridgehead atoms. The smallest absolute Gasteiger partial charge is 0.337 e. The zero-order valence-corrected chi connectivity index (χ0v) is 16.1. The fraction of sp³-hybridized carbons (Fsp3) is 0.174. The summed E-state index contributed by atoms with van der Waals surface area (Å²) in [5.74, 6) is -2.69. The highest BCUT2D eigenvalue weighted by Gasteiger charge is 2.38. The van der Waals surface area contributed by atoms with Crippen molar-refractivity contribution in [3.63, 3.8) is 0 Å². The van der Waals surface area contributed by atoms with E-state index in [9.17, 15) is 20.0 Å². The molecule has 1 unspecified atom stereocenters. The highest BCUT2D eigenvalue weighted by molar-refractivity contribution is 5.99. The van der Waals surface area contributed by atoms with Crippen LogP contribution in [0.4, 0.5) is 0 Å². The molecule has 146 valence electrons. The van der Waals surface area contributed by atoms with Gasteiger partial charge in [0.2, 0.25) is 0 Å². The third-order valence-corrected chi connectivity index (χ3v) is 4.82. The molecule has 0 fully saturated rings. The summed E-state index contributed by atoms with van der Waals surface area (Å²) in [4.78, 5) is 25.1. The highest BCUT2D eigenvalue weighted by Crippen LogP contribution is 2.40. The molecule has 0 saturated carbocycles. The molecule has 0 radical (unpaired) electrons. The molecule has 0 amide bonds. The summed E-state index contributed by atoms with van der Waals surface area (Å²) in [6.07, 6.45) is 0. The lowest BCUT2D eigenvalue weighted by Crippen LogP contribution is -2.32. The second-order valence-corrected chi connectivity index (χ2v) is 6.70. The average Bonchev–Trinajstić information content (AvgIpc) is 2.71. The Morgan fingerprint density at radius 3 is 2.31 bits per heavy atom. The van der Waals surface area contributed by atoms with Gasteiger partial charge in [-0.1, -0.05) is 48.5 Å². The Morgan fingerprint density at radius 1 is 1.03 bits per heavy atom. The van der Waals surface area contributed by atoms with Crippen LogP contribution in [0.5, 0.6) is 0 Å². The first kappa shape index (κ1) is 19.9. The fourth-order valence-corrected chi connectivity index (χ4v) is 3.51. The Labute approximate surface area is 168 Å². The maximum Gasteiger partial charge on any atom is 0.337 e. The van der Waals surface area contributed by atoms with E-state index in [0.29, 0.717) is 22.5 Å². The van der Waals surface area contributed by atoms with Crippen LogP contribution in [0, 0.1) is 11.3 Å². The Bertz CT molecular complexity index is 1060. The van der Waals surface area contributed by atoms with Crippen molar-refractivity contribution in [1.82, 2.24) is 5.32 Å². The molecule has 2 aromatic carbocycles. The Morgan fingerprint density at radius 2 is 1.66 bits per heavy atom. The minimum Gasteiger partial charge on any atom is -0.478 e. The van der Waals surface area contributed by atoms with E-state index in [1.165, 1.54) is 0 Å². The molecule has 2 N–H and O–H groups in total. The number of nitrogens with zero attached hydrogens (tertiary/aromatic N) is 1. The van der Waals surface area contributed by atoms with Crippen molar-refractivity contribution in [1.29, 1.82) is 5.26 Å². The number of esters is 1. The Kier molecular flexibility index (Phi) is 5.79. The van der Waals surface area contributed by atoms with Gasteiger partial charge in [0.05, 0.1) is 28.7 Å². The van der Waals surface area contributed by atoms with E-state index in [-0.39, 0.29) is 17.8 Å². The normalized spacial score (nSPS) is 16.1. The predicted molar refractivity (Wildman–Crippen MR) is 106 cm³/mol.